The van der Waals surface area contributed by atoms with Gasteiger partial charge in [0.2, 0.25) is 0 Å². The van der Waals surface area contributed by atoms with Gasteiger partial charge in [-0.3, -0.25) is 9.59 Å². The second-order valence-electron chi connectivity index (χ2n) is 5.60. The minimum atomic E-state index is -0.672. The summed E-state index contributed by atoms with van der Waals surface area (Å²) in [7, 11) is 3.06. The Labute approximate surface area is 150 Å². The zero-order chi connectivity index (χ0) is 18.7. The van der Waals surface area contributed by atoms with Gasteiger partial charge in [-0.15, -0.1) is 0 Å². The molecule has 0 unspecified atom stereocenters. The highest BCUT2D eigenvalue weighted by Gasteiger charge is 2.38. The third-order valence-corrected chi connectivity index (χ3v) is 4.02. The van der Waals surface area contributed by atoms with Crippen LogP contribution in [-0.2, 0) is 16.1 Å². The van der Waals surface area contributed by atoms with Crippen LogP contribution in [0.2, 0.25) is 0 Å². The number of benzene rings is 2. The quantitative estimate of drug-likeness (QED) is 0.740. The van der Waals surface area contributed by atoms with Crippen molar-refractivity contribution in [2.45, 2.75) is 12.8 Å². The largest absolute Gasteiger partial charge is 0.493 e. The molecule has 26 heavy (non-hydrogen) atoms. The summed E-state index contributed by atoms with van der Waals surface area (Å²) in [5, 5.41) is 0.515. The van der Waals surface area contributed by atoms with Crippen LogP contribution in [0.3, 0.4) is 0 Å². The number of carbonyl (C=O) groups is 3. The van der Waals surface area contributed by atoms with E-state index in [2.05, 4.69) is 0 Å². The van der Waals surface area contributed by atoms with Crippen LogP contribution >= 0.6 is 0 Å². The zero-order valence-electron chi connectivity index (χ0n) is 14.4. The first-order chi connectivity index (χ1) is 12.5. The van der Waals surface area contributed by atoms with Gasteiger partial charge in [-0.05, 0) is 36.2 Å². The zero-order valence-corrected chi connectivity index (χ0v) is 14.4. The highest BCUT2D eigenvalue weighted by molar-refractivity contribution is 6.20. The fourth-order valence-corrected chi connectivity index (χ4v) is 2.68. The first kappa shape index (κ1) is 17.5. The molecular formula is C19H17NO6. The molecule has 2 aromatic rings. The molecule has 0 N–H and O–H groups in total. The minimum absolute atomic E-state index is 0.00287. The molecule has 3 rings (SSSR count). The molecule has 0 aromatic heterocycles. The van der Waals surface area contributed by atoms with Crippen LogP contribution in [0.4, 0.5) is 0 Å². The summed E-state index contributed by atoms with van der Waals surface area (Å²) in [5.74, 6) is -0.798. The lowest BCUT2D eigenvalue weighted by atomic mass is 10.1. The van der Waals surface area contributed by atoms with Crippen LogP contribution in [0.1, 0.15) is 32.7 Å². The summed E-state index contributed by atoms with van der Waals surface area (Å²) < 4.78 is 10.4. The second-order valence-corrected chi connectivity index (χ2v) is 5.60. The Kier molecular flexibility index (Phi) is 4.88. The van der Waals surface area contributed by atoms with E-state index in [1.165, 1.54) is 26.4 Å². The van der Waals surface area contributed by atoms with Crippen molar-refractivity contribution >= 4 is 17.8 Å². The Balaban J connectivity index is 1.62. The lowest BCUT2D eigenvalue weighted by molar-refractivity contribution is -0.168. The van der Waals surface area contributed by atoms with E-state index in [1.807, 2.05) is 0 Å². The molecule has 0 radical (unpaired) electrons. The number of carbonyl (C=O) groups excluding carboxylic acids is 3. The maximum atomic E-state index is 12.2. The minimum Gasteiger partial charge on any atom is -0.493 e. The topological polar surface area (TPSA) is 82.1 Å². The van der Waals surface area contributed by atoms with Gasteiger partial charge in [0.05, 0.1) is 31.8 Å². The van der Waals surface area contributed by atoms with Crippen LogP contribution in [0.25, 0.3) is 0 Å². The second kappa shape index (κ2) is 7.26. The van der Waals surface area contributed by atoms with Crippen molar-refractivity contribution < 1.29 is 28.7 Å². The number of methoxy groups -OCH3 is 2. The Hall–Kier alpha value is -3.35. The summed E-state index contributed by atoms with van der Waals surface area (Å²) in [6, 6.07) is 11.6. The molecule has 1 aliphatic heterocycles. The Bertz CT molecular complexity index is 841. The number of hydrogen-bond donors (Lipinski definition) is 0. The summed E-state index contributed by atoms with van der Waals surface area (Å²) in [5.41, 5.74) is 1.29. The third kappa shape index (κ3) is 3.23. The predicted octanol–water partition coefficient (Wildman–Crippen LogP) is 2.39. The number of imide groups is 1. The standard InChI is InChI=1S/C19H17NO6/c1-24-15-9-7-12(11-16(15)25-2)8-10-17(21)26-20-18(22)13-5-3-4-6-14(13)19(20)23/h3-7,9,11H,8,10H2,1-2H3. The molecular weight excluding hydrogens is 338 g/mol. The van der Waals surface area contributed by atoms with Gasteiger partial charge >= 0.3 is 5.97 Å². The van der Waals surface area contributed by atoms with E-state index in [9.17, 15) is 14.4 Å². The summed E-state index contributed by atoms with van der Waals surface area (Å²) in [4.78, 5) is 41.4. The monoisotopic (exact) mass is 355 g/mol. The van der Waals surface area contributed by atoms with Gasteiger partial charge in [0.15, 0.2) is 11.5 Å². The Morgan fingerprint density at radius 2 is 1.54 bits per heavy atom. The maximum absolute atomic E-state index is 12.2. The lowest BCUT2D eigenvalue weighted by Crippen LogP contribution is -2.32. The van der Waals surface area contributed by atoms with Crippen molar-refractivity contribution in [1.82, 2.24) is 5.06 Å². The number of nitrogens with zero attached hydrogens (tertiary/aromatic N) is 1. The summed E-state index contributed by atoms with van der Waals surface area (Å²) in [6.45, 7) is 0. The molecule has 7 heteroatoms. The maximum Gasteiger partial charge on any atom is 0.333 e. The van der Waals surface area contributed by atoms with E-state index in [0.717, 1.165) is 5.56 Å². The first-order valence-corrected chi connectivity index (χ1v) is 7.94. The predicted molar refractivity (Wildman–Crippen MR) is 90.9 cm³/mol. The van der Waals surface area contributed by atoms with Crippen LogP contribution in [-0.4, -0.2) is 37.1 Å². The van der Waals surface area contributed by atoms with Crippen LogP contribution in [0, 0.1) is 0 Å². The molecule has 7 nitrogen and oxygen atoms in total. The van der Waals surface area contributed by atoms with Gasteiger partial charge in [-0.25, -0.2) is 4.79 Å². The lowest BCUT2D eigenvalue weighted by Gasteiger charge is -2.13. The van der Waals surface area contributed by atoms with Crippen molar-refractivity contribution in [2.75, 3.05) is 14.2 Å². The van der Waals surface area contributed by atoms with Crippen molar-refractivity contribution in [3.8, 4) is 11.5 Å². The molecule has 0 saturated carbocycles. The molecule has 0 aliphatic carbocycles. The van der Waals surface area contributed by atoms with Gasteiger partial charge in [-0.1, -0.05) is 23.3 Å². The van der Waals surface area contributed by atoms with Gasteiger partial charge in [0.1, 0.15) is 0 Å². The Morgan fingerprint density at radius 3 is 2.12 bits per heavy atom. The SMILES string of the molecule is COc1ccc(CCC(=O)ON2C(=O)c3ccccc3C2=O)cc1OC. The van der Waals surface area contributed by atoms with Gasteiger partial charge in [0, 0.05) is 0 Å². The van der Waals surface area contributed by atoms with E-state index in [0.29, 0.717) is 23.0 Å². The van der Waals surface area contributed by atoms with Crippen molar-refractivity contribution in [1.29, 1.82) is 0 Å². The number of aryl methyl sites for hydroxylation is 1. The van der Waals surface area contributed by atoms with E-state index in [-0.39, 0.29) is 17.5 Å². The molecule has 0 saturated heterocycles. The van der Waals surface area contributed by atoms with Gasteiger partial charge in [-0.2, -0.15) is 0 Å². The summed E-state index contributed by atoms with van der Waals surface area (Å²) in [6.07, 6.45) is 0.366. The highest BCUT2D eigenvalue weighted by atomic mass is 16.7. The average molecular weight is 355 g/mol. The van der Waals surface area contributed by atoms with Crippen LogP contribution < -0.4 is 9.47 Å². The summed E-state index contributed by atoms with van der Waals surface area (Å²) >= 11 is 0. The molecule has 2 amide bonds. The third-order valence-electron chi connectivity index (χ3n) is 4.02. The first-order valence-electron chi connectivity index (χ1n) is 7.94. The molecule has 0 fully saturated rings. The number of fused-ring (bicyclic) bond motifs is 1. The van der Waals surface area contributed by atoms with Gasteiger partial charge < -0.3 is 14.3 Å². The van der Waals surface area contributed by atoms with Gasteiger partial charge in [0.25, 0.3) is 11.8 Å². The van der Waals surface area contributed by atoms with Crippen molar-refractivity contribution in [3.63, 3.8) is 0 Å². The Morgan fingerprint density at radius 1 is 0.923 bits per heavy atom. The molecule has 134 valence electrons. The van der Waals surface area contributed by atoms with E-state index >= 15 is 0 Å². The molecule has 0 bridgehead atoms. The van der Waals surface area contributed by atoms with Crippen molar-refractivity contribution in [2.24, 2.45) is 0 Å². The number of hydrogen-bond acceptors (Lipinski definition) is 6. The fourth-order valence-electron chi connectivity index (χ4n) is 2.68. The number of amides is 2. The van der Waals surface area contributed by atoms with Crippen LogP contribution in [0.15, 0.2) is 42.5 Å². The number of hydroxylamine groups is 2. The van der Waals surface area contributed by atoms with E-state index in [1.54, 1.807) is 30.3 Å². The van der Waals surface area contributed by atoms with E-state index in [4.69, 9.17) is 14.3 Å². The molecule has 1 aliphatic rings. The highest BCUT2D eigenvalue weighted by Crippen LogP contribution is 2.28. The van der Waals surface area contributed by atoms with E-state index < -0.39 is 17.8 Å². The molecule has 2 aromatic carbocycles. The fraction of sp³-hybridized carbons (Fsp3) is 0.211. The normalized spacial score (nSPS) is 12.8. The number of ether oxygens (including phenoxy) is 2. The average Bonchev–Trinajstić information content (AvgIpc) is 2.91. The smallest absolute Gasteiger partial charge is 0.333 e. The van der Waals surface area contributed by atoms with Crippen molar-refractivity contribution in [3.05, 3.63) is 59.2 Å². The van der Waals surface area contributed by atoms with Crippen LogP contribution in [0.5, 0.6) is 11.5 Å². The molecule has 1 heterocycles. The number of rotatable bonds is 6. The molecule has 0 atom stereocenters. The molecule has 0 spiro atoms.